The lowest BCUT2D eigenvalue weighted by molar-refractivity contribution is 0.0780. The molecule has 4 aromatic rings. The average Bonchev–Trinajstić information content (AvgIpc) is 3.28. The Kier molecular flexibility index (Phi) is 3.82. The molecule has 0 unspecified atom stereocenters. The molecule has 124 valence electrons. The van der Waals surface area contributed by atoms with E-state index in [1.165, 1.54) is 0 Å². The number of aromatic amines is 1. The molecule has 0 aliphatic heterocycles. The molecule has 0 aliphatic rings. The zero-order valence-electron chi connectivity index (χ0n) is 13.9. The predicted molar refractivity (Wildman–Crippen MR) is 97.7 cm³/mol. The monoisotopic (exact) mass is 330 g/mol. The largest absolute Gasteiger partial charge is 0.351 e. The third-order valence-corrected chi connectivity index (χ3v) is 4.18. The van der Waals surface area contributed by atoms with Crippen LogP contribution < -0.4 is 0 Å². The fourth-order valence-electron chi connectivity index (χ4n) is 2.90. The molecule has 0 fully saturated rings. The molecule has 0 saturated heterocycles. The Morgan fingerprint density at radius 2 is 1.88 bits per heavy atom. The number of carbonyl (C=O) groups is 1. The second kappa shape index (κ2) is 6.28. The first kappa shape index (κ1) is 15.2. The van der Waals surface area contributed by atoms with E-state index in [2.05, 4.69) is 10.1 Å². The topological polar surface area (TPSA) is 53.9 Å². The van der Waals surface area contributed by atoms with E-state index in [0.717, 1.165) is 22.2 Å². The summed E-state index contributed by atoms with van der Waals surface area (Å²) in [6.07, 6.45) is 3.74. The highest BCUT2D eigenvalue weighted by Crippen LogP contribution is 2.17. The third kappa shape index (κ3) is 3.04. The van der Waals surface area contributed by atoms with Crippen LogP contribution in [0, 0.1) is 0 Å². The van der Waals surface area contributed by atoms with Crippen molar-refractivity contribution in [1.82, 2.24) is 19.7 Å². The van der Waals surface area contributed by atoms with E-state index >= 15 is 0 Å². The molecule has 5 heteroatoms. The van der Waals surface area contributed by atoms with Crippen molar-refractivity contribution >= 4 is 16.8 Å². The highest BCUT2D eigenvalue weighted by Gasteiger charge is 2.15. The zero-order chi connectivity index (χ0) is 17.2. The van der Waals surface area contributed by atoms with E-state index in [9.17, 15) is 4.79 Å². The number of carbonyl (C=O) groups excluding carboxylic acids is 1. The van der Waals surface area contributed by atoms with Crippen LogP contribution >= 0.6 is 0 Å². The van der Waals surface area contributed by atoms with Gasteiger partial charge in [0.15, 0.2) is 0 Å². The molecule has 1 N–H and O–H groups in total. The maximum absolute atomic E-state index is 12.7. The van der Waals surface area contributed by atoms with Gasteiger partial charge < -0.3 is 9.88 Å². The first-order valence-electron chi connectivity index (χ1n) is 8.13. The number of para-hydroxylation sites is 2. The minimum atomic E-state index is -0.0383. The van der Waals surface area contributed by atoms with Gasteiger partial charge in [0, 0.05) is 36.3 Å². The predicted octanol–water partition coefficient (Wildman–Crippen LogP) is 3.63. The summed E-state index contributed by atoms with van der Waals surface area (Å²) in [4.78, 5) is 17.5. The van der Waals surface area contributed by atoms with Crippen LogP contribution in [0.1, 0.15) is 16.1 Å². The molecule has 4 rings (SSSR count). The first-order valence-corrected chi connectivity index (χ1v) is 8.13. The van der Waals surface area contributed by atoms with E-state index in [1.54, 1.807) is 18.1 Å². The molecular formula is C20H18N4O. The van der Waals surface area contributed by atoms with Crippen molar-refractivity contribution in [1.29, 1.82) is 0 Å². The molecule has 0 radical (unpaired) electrons. The van der Waals surface area contributed by atoms with Crippen LogP contribution in [-0.4, -0.2) is 32.6 Å². The Hall–Kier alpha value is -3.34. The lowest BCUT2D eigenvalue weighted by Gasteiger charge is -2.15. The summed E-state index contributed by atoms with van der Waals surface area (Å²) in [5.74, 6) is -0.0383. The average molecular weight is 330 g/mol. The number of hydrogen-bond donors (Lipinski definition) is 1. The van der Waals surface area contributed by atoms with Crippen molar-refractivity contribution < 1.29 is 4.79 Å². The smallest absolute Gasteiger partial charge is 0.270 e. The first-order chi connectivity index (χ1) is 12.2. The molecule has 0 aliphatic carbocycles. The van der Waals surface area contributed by atoms with E-state index in [1.807, 2.05) is 71.5 Å². The third-order valence-electron chi connectivity index (χ3n) is 4.18. The lowest BCUT2D eigenvalue weighted by atomic mass is 10.2. The molecule has 5 nitrogen and oxygen atoms in total. The molecule has 2 aromatic carbocycles. The van der Waals surface area contributed by atoms with E-state index in [-0.39, 0.29) is 5.91 Å². The number of benzene rings is 2. The number of rotatable bonds is 4. The van der Waals surface area contributed by atoms with Crippen molar-refractivity contribution in [3.63, 3.8) is 0 Å². The Bertz CT molecular complexity index is 983. The van der Waals surface area contributed by atoms with Crippen LogP contribution in [0.4, 0.5) is 0 Å². The van der Waals surface area contributed by atoms with Gasteiger partial charge >= 0.3 is 0 Å². The molecule has 0 spiro atoms. The van der Waals surface area contributed by atoms with E-state index < -0.39 is 0 Å². The molecular weight excluding hydrogens is 312 g/mol. The molecule has 0 saturated carbocycles. The quantitative estimate of drug-likeness (QED) is 0.621. The van der Waals surface area contributed by atoms with Gasteiger partial charge in [-0.05, 0) is 24.3 Å². The Labute approximate surface area is 145 Å². The van der Waals surface area contributed by atoms with Crippen LogP contribution in [-0.2, 0) is 6.54 Å². The molecule has 25 heavy (non-hydrogen) atoms. The molecule has 0 bridgehead atoms. The fourth-order valence-corrected chi connectivity index (χ4v) is 2.90. The second-order valence-corrected chi connectivity index (χ2v) is 6.06. The minimum Gasteiger partial charge on any atom is -0.351 e. The minimum absolute atomic E-state index is 0.0383. The summed E-state index contributed by atoms with van der Waals surface area (Å²) in [6, 6.07) is 19.7. The van der Waals surface area contributed by atoms with Crippen molar-refractivity contribution in [2.45, 2.75) is 6.54 Å². The van der Waals surface area contributed by atoms with Crippen molar-refractivity contribution in [2.24, 2.45) is 0 Å². The van der Waals surface area contributed by atoms with Gasteiger partial charge in [-0.1, -0.05) is 36.4 Å². The molecule has 0 atom stereocenters. The number of nitrogens with one attached hydrogen (secondary N) is 1. The highest BCUT2D eigenvalue weighted by molar-refractivity contribution is 5.97. The second-order valence-electron chi connectivity index (χ2n) is 6.06. The Morgan fingerprint density at radius 1 is 1.12 bits per heavy atom. The SMILES string of the molecule is CN(Cc1cnn(-c2ccccc2)c1)C(=O)c1cc2ccccc2[nH]1. The van der Waals surface area contributed by atoms with Gasteiger partial charge in [-0.25, -0.2) is 4.68 Å². The van der Waals surface area contributed by atoms with Gasteiger partial charge in [0.1, 0.15) is 5.69 Å². The van der Waals surface area contributed by atoms with Crippen molar-refractivity contribution in [3.8, 4) is 5.69 Å². The Morgan fingerprint density at radius 3 is 2.68 bits per heavy atom. The van der Waals surface area contributed by atoms with E-state index in [0.29, 0.717) is 12.2 Å². The van der Waals surface area contributed by atoms with Crippen LogP contribution in [0.3, 0.4) is 0 Å². The van der Waals surface area contributed by atoms with Crippen LogP contribution in [0.2, 0.25) is 0 Å². The maximum atomic E-state index is 12.7. The number of hydrogen-bond acceptors (Lipinski definition) is 2. The zero-order valence-corrected chi connectivity index (χ0v) is 13.9. The van der Waals surface area contributed by atoms with Gasteiger partial charge in [0.2, 0.25) is 0 Å². The highest BCUT2D eigenvalue weighted by atomic mass is 16.2. The fraction of sp³-hybridized carbons (Fsp3) is 0.100. The summed E-state index contributed by atoms with van der Waals surface area (Å²) in [5, 5.41) is 5.42. The lowest BCUT2D eigenvalue weighted by Crippen LogP contribution is -2.26. The van der Waals surface area contributed by atoms with Gasteiger partial charge in [-0.3, -0.25) is 4.79 Å². The molecule has 1 amide bonds. The summed E-state index contributed by atoms with van der Waals surface area (Å²) in [5.41, 5.74) is 3.55. The van der Waals surface area contributed by atoms with Gasteiger partial charge in [-0.2, -0.15) is 5.10 Å². The summed E-state index contributed by atoms with van der Waals surface area (Å²) < 4.78 is 1.82. The van der Waals surface area contributed by atoms with Crippen LogP contribution in [0.15, 0.2) is 73.1 Å². The number of nitrogens with zero attached hydrogens (tertiary/aromatic N) is 3. The van der Waals surface area contributed by atoms with E-state index in [4.69, 9.17) is 0 Å². The number of amides is 1. The molecule has 2 heterocycles. The van der Waals surface area contributed by atoms with Gasteiger partial charge in [0.05, 0.1) is 11.9 Å². The summed E-state index contributed by atoms with van der Waals surface area (Å²) in [7, 11) is 1.80. The maximum Gasteiger partial charge on any atom is 0.270 e. The number of aromatic nitrogens is 3. The number of fused-ring (bicyclic) bond motifs is 1. The van der Waals surface area contributed by atoms with Crippen molar-refractivity contribution in [2.75, 3.05) is 7.05 Å². The van der Waals surface area contributed by atoms with Gasteiger partial charge in [-0.15, -0.1) is 0 Å². The molecule has 2 aromatic heterocycles. The van der Waals surface area contributed by atoms with Crippen LogP contribution in [0.5, 0.6) is 0 Å². The number of H-pyrrole nitrogens is 1. The van der Waals surface area contributed by atoms with Crippen LogP contribution in [0.25, 0.3) is 16.6 Å². The Balaban J connectivity index is 1.50. The van der Waals surface area contributed by atoms with Crippen molar-refractivity contribution in [3.05, 3.63) is 84.3 Å². The van der Waals surface area contributed by atoms with Gasteiger partial charge in [0.25, 0.3) is 5.91 Å². The standard InChI is InChI=1S/C20H18N4O/c1-23(20(25)19-11-16-7-5-6-10-18(16)22-19)13-15-12-21-24(14-15)17-8-3-2-4-9-17/h2-12,14,22H,13H2,1H3. The summed E-state index contributed by atoms with van der Waals surface area (Å²) in [6.45, 7) is 0.501. The summed E-state index contributed by atoms with van der Waals surface area (Å²) >= 11 is 0. The normalized spacial score (nSPS) is 10.9.